The molecule has 0 bridgehead atoms. The first-order chi connectivity index (χ1) is 11.4. The summed E-state index contributed by atoms with van der Waals surface area (Å²) in [5, 5.41) is 30.8. The van der Waals surface area contributed by atoms with Crippen molar-refractivity contribution in [1.82, 2.24) is 0 Å². The summed E-state index contributed by atoms with van der Waals surface area (Å²) in [5.41, 5.74) is 0. The maximum absolute atomic E-state index is 10.8. The molecule has 0 radical (unpaired) electrons. The van der Waals surface area contributed by atoms with Crippen LogP contribution in [-0.4, -0.2) is 69.3 Å². The molecule has 1 aliphatic rings. The number of rotatable bonds is 5. The van der Waals surface area contributed by atoms with E-state index in [-0.39, 0.29) is 16.7 Å². The van der Waals surface area contributed by atoms with E-state index in [0.717, 1.165) is 0 Å². The molecular formula is C18H40O6Si2. The summed E-state index contributed by atoms with van der Waals surface area (Å²) < 4.78 is 18.3. The number of hydrogen-bond acceptors (Lipinski definition) is 6. The molecule has 0 amide bonds. The Labute approximate surface area is 161 Å². The molecule has 3 N–H and O–H groups in total. The van der Waals surface area contributed by atoms with Crippen LogP contribution in [0.1, 0.15) is 41.5 Å². The smallest absolute Gasteiger partial charge is 0.192 e. The zero-order valence-electron chi connectivity index (χ0n) is 18.2. The Morgan fingerprint density at radius 3 is 1.54 bits per heavy atom. The van der Waals surface area contributed by atoms with Crippen molar-refractivity contribution in [2.45, 2.75) is 109 Å². The molecule has 1 heterocycles. The molecule has 6 nitrogen and oxygen atoms in total. The van der Waals surface area contributed by atoms with Gasteiger partial charge in [-0.1, -0.05) is 41.5 Å². The zero-order valence-corrected chi connectivity index (χ0v) is 20.2. The monoisotopic (exact) mass is 408 g/mol. The van der Waals surface area contributed by atoms with Crippen molar-refractivity contribution < 1.29 is 28.9 Å². The fraction of sp³-hybridized carbons (Fsp3) is 1.00. The first kappa shape index (κ1) is 24.2. The lowest BCUT2D eigenvalue weighted by atomic mass is 9.99. The average molecular weight is 409 g/mol. The molecule has 1 rings (SSSR count). The first-order valence-corrected chi connectivity index (χ1v) is 15.2. The van der Waals surface area contributed by atoms with E-state index in [4.69, 9.17) is 13.6 Å². The van der Waals surface area contributed by atoms with Gasteiger partial charge >= 0.3 is 0 Å². The zero-order chi connectivity index (χ0) is 20.7. The van der Waals surface area contributed by atoms with Gasteiger partial charge in [0.05, 0.1) is 6.61 Å². The minimum absolute atomic E-state index is 0.0625. The largest absolute Gasteiger partial charge is 0.408 e. The van der Waals surface area contributed by atoms with Gasteiger partial charge < -0.3 is 28.9 Å². The molecule has 1 aliphatic heterocycles. The van der Waals surface area contributed by atoms with Crippen LogP contribution in [0.25, 0.3) is 0 Å². The molecule has 1 saturated heterocycles. The van der Waals surface area contributed by atoms with Crippen LogP contribution in [0, 0.1) is 0 Å². The van der Waals surface area contributed by atoms with Crippen LogP contribution in [0.4, 0.5) is 0 Å². The second-order valence-electron chi connectivity index (χ2n) is 10.4. The topological polar surface area (TPSA) is 88.4 Å². The molecule has 156 valence electrons. The Morgan fingerprint density at radius 1 is 0.808 bits per heavy atom. The van der Waals surface area contributed by atoms with Crippen LogP contribution in [0.15, 0.2) is 0 Å². The predicted molar refractivity (Wildman–Crippen MR) is 108 cm³/mol. The van der Waals surface area contributed by atoms with Crippen molar-refractivity contribution in [2.24, 2.45) is 0 Å². The predicted octanol–water partition coefficient (Wildman–Crippen LogP) is 2.84. The van der Waals surface area contributed by atoms with Crippen LogP contribution < -0.4 is 0 Å². The normalized spacial score (nSPS) is 32.0. The minimum Gasteiger partial charge on any atom is -0.408 e. The summed E-state index contributed by atoms with van der Waals surface area (Å²) >= 11 is 0. The number of hydrogen-bond donors (Lipinski definition) is 3. The molecule has 0 saturated carbocycles. The highest BCUT2D eigenvalue weighted by atomic mass is 28.4. The van der Waals surface area contributed by atoms with Crippen LogP contribution in [0.2, 0.25) is 36.3 Å². The van der Waals surface area contributed by atoms with Gasteiger partial charge in [0.2, 0.25) is 0 Å². The van der Waals surface area contributed by atoms with E-state index >= 15 is 0 Å². The lowest BCUT2D eigenvalue weighted by molar-refractivity contribution is -0.279. The molecule has 0 aromatic rings. The first-order valence-electron chi connectivity index (χ1n) is 9.43. The van der Waals surface area contributed by atoms with E-state index < -0.39 is 47.3 Å². The number of aliphatic hydroxyl groups excluding tert-OH is 3. The summed E-state index contributed by atoms with van der Waals surface area (Å²) in [4.78, 5) is 0. The van der Waals surface area contributed by atoms with Gasteiger partial charge in [-0.25, -0.2) is 0 Å². The molecule has 0 aromatic heterocycles. The van der Waals surface area contributed by atoms with E-state index in [1.807, 2.05) is 0 Å². The summed E-state index contributed by atoms with van der Waals surface area (Å²) in [6, 6.07) is 0. The Hall–Kier alpha value is 0.194. The van der Waals surface area contributed by atoms with E-state index in [0.29, 0.717) is 0 Å². The molecule has 1 fully saturated rings. The molecule has 0 unspecified atom stereocenters. The van der Waals surface area contributed by atoms with Crippen molar-refractivity contribution in [2.75, 3.05) is 6.61 Å². The second-order valence-corrected chi connectivity index (χ2v) is 19.9. The third-order valence-electron chi connectivity index (χ3n) is 6.29. The lowest BCUT2D eigenvalue weighted by Crippen LogP contribution is -2.65. The quantitative estimate of drug-likeness (QED) is 0.606. The third kappa shape index (κ3) is 5.17. The van der Waals surface area contributed by atoms with Gasteiger partial charge in [0, 0.05) is 0 Å². The molecule has 5 atom stereocenters. The highest BCUT2D eigenvalue weighted by Crippen LogP contribution is 2.42. The van der Waals surface area contributed by atoms with Crippen LogP contribution in [0.3, 0.4) is 0 Å². The van der Waals surface area contributed by atoms with Crippen molar-refractivity contribution >= 4 is 16.6 Å². The van der Waals surface area contributed by atoms with Crippen molar-refractivity contribution in [3.63, 3.8) is 0 Å². The number of ether oxygens (including phenoxy) is 1. The Kier molecular flexibility index (Phi) is 7.37. The molecular weight excluding hydrogens is 368 g/mol. The summed E-state index contributed by atoms with van der Waals surface area (Å²) in [7, 11) is -4.48. The van der Waals surface area contributed by atoms with E-state index in [2.05, 4.69) is 67.7 Å². The van der Waals surface area contributed by atoms with Gasteiger partial charge in [-0.15, -0.1) is 0 Å². The Balaban J connectivity index is 3.22. The second kappa shape index (κ2) is 7.90. The lowest BCUT2D eigenvalue weighted by Gasteiger charge is -2.50. The van der Waals surface area contributed by atoms with Gasteiger partial charge in [0.25, 0.3) is 0 Å². The summed E-state index contributed by atoms with van der Waals surface area (Å²) in [5.74, 6) is 0. The third-order valence-corrected chi connectivity index (χ3v) is 15.2. The minimum atomic E-state index is -2.24. The maximum Gasteiger partial charge on any atom is 0.192 e. The van der Waals surface area contributed by atoms with Gasteiger partial charge in [0.1, 0.15) is 24.4 Å². The molecule has 8 heteroatoms. The molecule has 0 aromatic carbocycles. The maximum atomic E-state index is 10.8. The highest BCUT2D eigenvalue weighted by Gasteiger charge is 2.53. The van der Waals surface area contributed by atoms with Gasteiger partial charge in [-0.3, -0.25) is 0 Å². The summed E-state index contributed by atoms with van der Waals surface area (Å²) in [6.45, 7) is 20.7. The van der Waals surface area contributed by atoms with Gasteiger partial charge in [-0.2, -0.15) is 0 Å². The molecule has 0 aliphatic carbocycles. The van der Waals surface area contributed by atoms with E-state index in [9.17, 15) is 15.3 Å². The highest BCUT2D eigenvalue weighted by molar-refractivity contribution is 6.74. The van der Waals surface area contributed by atoms with Crippen molar-refractivity contribution in [3.05, 3.63) is 0 Å². The van der Waals surface area contributed by atoms with Gasteiger partial charge in [0.15, 0.2) is 22.9 Å². The molecule has 0 spiro atoms. The van der Waals surface area contributed by atoms with Crippen LogP contribution >= 0.6 is 0 Å². The van der Waals surface area contributed by atoms with Crippen LogP contribution in [0.5, 0.6) is 0 Å². The van der Waals surface area contributed by atoms with E-state index in [1.54, 1.807) is 0 Å². The van der Waals surface area contributed by atoms with E-state index in [1.165, 1.54) is 0 Å². The fourth-order valence-electron chi connectivity index (χ4n) is 2.35. The standard InChI is InChI=1S/C18H40O6Si2/c1-17(2,3)25(7,8)23-14-13(20)12(11-19)22-16(21)15(14)24-26(9,10)18(4,5)6/h12-16,19-21H,11H2,1-10H3/t12-,13-,14+,15-,16-/m1/s1. The van der Waals surface area contributed by atoms with Crippen LogP contribution in [-0.2, 0) is 13.6 Å². The van der Waals surface area contributed by atoms with Crippen molar-refractivity contribution in [3.8, 4) is 0 Å². The molecule has 26 heavy (non-hydrogen) atoms. The Bertz CT molecular complexity index is 469. The fourth-order valence-corrected chi connectivity index (χ4v) is 4.94. The average Bonchev–Trinajstić information content (AvgIpc) is 2.43. The van der Waals surface area contributed by atoms with Crippen molar-refractivity contribution in [1.29, 1.82) is 0 Å². The number of aliphatic hydroxyl groups is 3. The SMILES string of the molecule is CC(C)(C)[Si](C)(C)O[C@@H]1[C@@H](O[Si](C)(C)C(C)(C)C)[C@H](O)[C@@H](CO)O[C@H]1O. The summed E-state index contributed by atoms with van der Waals surface area (Å²) in [6.07, 6.45) is -4.74. The van der Waals surface area contributed by atoms with Gasteiger partial charge in [-0.05, 0) is 36.3 Å². The Morgan fingerprint density at radius 2 is 1.19 bits per heavy atom.